The Kier molecular flexibility index (Phi) is 4.36. The molecule has 0 fully saturated rings. The molecule has 0 radical (unpaired) electrons. The molecule has 96 valence electrons. The minimum atomic E-state index is -1.13. The van der Waals surface area contributed by atoms with E-state index in [1.165, 1.54) is 32.3 Å². The van der Waals surface area contributed by atoms with Crippen LogP contribution in [0.2, 0.25) is 0 Å². The van der Waals surface area contributed by atoms with Crippen molar-refractivity contribution in [3.63, 3.8) is 0 Å². The smallest absolute Gasteiger partial charge is 0.337 e. The summed E-state index contributed by atoms with van der Waals surface area (Å²) in [5, 5.41) is 13.6. The summed E-state index contributed by atoms with van der Waals surface area (Å²) in [5.41, 5.74) is 0.233. The summed E-state index contributed by atoms with van der Waals surface area (Å²) >= 11 is 0. The monoisotopic (exact) mass is 251 g/mol. The van der Waals surface area contributed by atoms with Gasteiger partial charge in [0.05, 0.1) is 17.4 Å². The van der Waals surface area contributed by atoms with Gasteiger partial charge in [-0.1, -0.05) is 0 Å². The van der Waals surface area contributed by atoms with Crippen molar-refractivity contribution >= 4 is 23.5 Å². The lowest BCUT2D eigenvalue weighted by Crippen LogP contribution is -2.40. The lowest BCUT2D eigenvalue weighted by molar-refractivity contribution is -0.124. The maximum Gasteiger partial charge on any atom is 0.337 e. The number of carbonyl (C=O) groups excluding carboxylic acids is 2. The van der Waals surface area contributed by atoms with Gasteiger partial charge in [-0.15, -0.1) is 0 Å². The summed E-state index contributed by atoms with van der Waals surface area (Å²) in [4.78, 5) is 36.8. The standard InChI is InChI=1S/C11H13N3O4/c1-6(13-7(2)15)10(16)14-9-3-8(11(17)18)4-12-5-9/h3-6H,1-2H3,(H,13,15)(H,14,16)(H,17,18). The summed E-state index contributed by atoms with van der Waals surface area (Å²) in [5.74, 6) is -1.90. The molecular formula is C11H13N3O4. The van der Waals surface area contributed by atoms with Crippen LogP contribution < -0.4 is 10.6 Å². The number of carbonyl (C=O) groups is 3. The third-order valence-electron chi connectivity index (χ3n) is 2.07. The molecule has 1 aromatic rings. The van der Waals surface area contributed by atoms with Gasteiger partial charge in [-0.2, -0.15) is 0 Å². The van der Waals surface area contributed by atoms with Crippen molar-refractivity contribution < 1.29 is 19.5 Å². The minimum absolute atomic E-state index is 0.0278. The predicted molar refractivity (Wildman–Crippen MR) is 63.1 cm³/mol. The first kappa shape index (κ1) is 13.6. The van der Waals surface area contributed by atoms with Crippen LogP contribution in [0.4, 0.5) is 5.69 Å². The van der Waals surface area contributed by atoms with Crippen LogP contribution in [0.15, 0.2) is 18.5 Å². The van der Waals surface area contributed by atoms with Gasteiger partial charge in [0.25, 0.3) is 0 Å². The second-order valence-electron chi connectivity index (χ2n) is 3.68. The molecule has 1 unspecified atom stereocenters. The molecule has 7 heteroatoms. The molecule has 0 saturated carbocycles. The third-order valence-corrected chi connectivity index (χ3v) is 2.07. The number of aromatic carboxylic acids is 1. The normalized spacial score (nSPS) is 11.4. The highest BCUT2D eigenvalue weighted by Gasteiger charge is 2.14. The number of anilines is 1. The van der Waals surface area contributed by atoms with Crippen molar-refractivity contribution in [1.82, 2.24) is 10.3 Å². The van der Waals surface area contributed by atoms with Crippen LogP contribution in [0.5, 0.6) is 0 Å². The van der Waals surface area contributed by atoms with Gasteiger partial charge in [-0.05, 0) is 13.0 Å². The molecular weight excluding hydrogens is 238 g/mol. The highest BCUT2D eigenvalue weighted by Crippen LogP contribution is 2.08. The molecule has 1 rings (SSSR count). The van der Waals surface area contributed by atoms with E-state index in [1.807, 2.05) is 0 Å². The Morgan fingerprint density at radius 1 is 1.33 bits per heavy atom. The topological polar surface area (TPSA) is 108 Å². The molecule has 0 bridgehead atoms. The van der Waals surface area contributed by atoms with Crippen molar-refractivity contribution in [2.45, 2.75) is 19.9 Å². The Morgan fingerprint density at radius 3 is 2.56 bits per heavy atom. The van der Waals surface area contributed by atoms with E-state index in [1.54, 1.807) is 0 Å². The van der Waals surface area contributed by atoms with Gasteiger partial charge in [0.15, 0.2) is 0 Å². The average Bonchev–Trinajstić information content (AvgIpc) is 2.28. The average molecular weight is 251 g/mol. The Morgan fingerprint density at radius 2 is 2.00 bits per heavy atom. The van der Waals surface area contributed by atoms with Crippen LogP contribution in [-0.2, 0) is 9.59 Å². The van der Waals surface area contributed by atoms with Crippen LogP contribution in [0.1, 0.15) is 24.2 Å². The Labute approximate surface area is 103 Å². The number of aromatic nitrogens is 1. The van der Waals surface area contributed by atoms with Crippen molar-refractivity contribution in [3.8, 4) is 0 Å². The molecule has 0 aliphatic heterocycles. The second kappa shape index (κ2) is 5.76. The van der Waals surface area contributed by atoms with Crippen LogP contribution >= 0.6 is 0 Å². The lowest BCUT2D eigenvalue weighted by Gasteiger charge is -2.12. The van der Waals surface area contributed by atoms with Crippen molar-refractivity contribution in [2.24, 2.45) is 0 Å². The fourth-order valence-corrected chi connectivity index (χ4v) is 1.25. The summed E-state index contributed by atoms with van der Waals surface area (Å²) in [6.45, 7) is 2.82. The third kappa shape index (κ3) is 3.85. The molecule has 1 heterocycles. The molecule has 3 N–H and O–H groups in total. The number of pyridine rings is 1. The zero-order valence-electron chi connectivity index (χ0n) is 9.93. The zero-order valence-corrected chi connectivity index (χ0v) is 9.93. The second-order valence-corrected chi connectivity index (χ2v) is 3.68. The lowest BCUT2D eigenvalue weighted by atomic mass is 10.2. The number of carboxylic acids is 1. The number of rotatable bonds is 4. The molecule has 18 heavy (non-hydrogen) atoms. The van der Waals surface area contributed by atoms with Gasteiger partial charge in [-0.25, -0.2) is 4.79 Å². The fraction of sp³-hybridized carbons (Fsp3) is 0.273. The minimum Gasteiger partial charge on any atom is -0.478 e. The van der Waals surface area contributed by atoms with Gasteiger partial charge in [0, 0.05) is 13.1 Å². The fourth-order valence-electron chi connectivity index (χ4n) is 1.25. The van der Waals surface area contributed by atoms with E-state index in [0.29, 0.717) is 0 Å². The quantitative estimate of drug-likeness (QED) is 0.710. The first-order chi connectivity index (χ1) is 8.40. The number of hydrogen-bond acceptors (Lipinski definition) is 4. The zero-order chi connectivity index (χ0) is 13.7. The van der Waals surface area contributed by atoms with Crippen LogP contribution in [0.3, 0.4) is 0 Å². The Balaban J connectivity index is 2.72. The van der Waals surface area contributed by atoms with Gasteiger partial charge < -0.3 is 15.7 Å². The van der Waals surface area contributed by atoms with Crippen LogP contribution in [0, 0.1) is 0 Å². The number of hydrogen-bond donors (Lipinski definition) is 3. The molecule has 0 spiro atoms. The highest BCUT2D eigenvalue weighted by molar-refractivity contribution is 5.97. The van der Waals surface area contributed by atoms with Crippen molar-refractivity contribution in [1.29, 1.82) is 0 Å². The van der Waals surface area contributed by atoms with Gasteiger partial charge in [-0.3, -0.25) is 14.6 Å². The molecule has 7 nitrogen and oxygen atoms in total. The van der Waals surface area contributed by atoms with E-state index in [9.17, 15) is 14.4 Å². The highest BCUT2D eigenvalue weighted by atomic mass is 16.4. The molecule has 1 atom stereocenters. The summed E-state index contributed by atoms with van der Waals surface area (Å²) in [6.07, 6.45) is 2.50. The van der Waals surface area contributed by atoms with E-state index in [-0.39, 0.29) is 17.2 Å². The molecule has 0 aliphatic carbocycles. The number of nitrogens with one attached hydrogen (secondary N) is 2. The maximum absolute atomic E-state index is 11.6. The summed E-state index contributed by atoms with van der Waals surface area (Å²) in [7, 11) is 0. The maximum atomic E-state index is 11.6. The molecule has 0 aromatic carbocycles. The summed E-state index contributed by atoms with van der Waals surface area (Å²) < 4.78 is 0. The molecule has 2 amide bonds. The van der Waals surface area contributed by atoms with E-state index >= 15 is 0 Å². The summed E-state index contributed by atoms with van der Waals surface area (Å²) in [6, 6.07) is 0.573. The number of carboxylic acid groups (broad SMARTS) is 1. The van der Waals surface area contributed by atoms with Crippen LogP contribution in [0.25, 0.3) is 0 Å². The largest absolute Gasteiger partial charge is 0.478 e. The molecule has 0 saturated heterocycles. The van der Waals surface area contributed by atoms with Crippen molar-refractivity contribution in [2.75, 3.05) is 5.32 Å². The van der Waals surface area contributed by atoms with Crippen LogP contribution in [-0.4, -0.2) is 33.9 Å². The van der Waals surface area contributed by atoms with Gasteiger partial charge in [0.1, 0.15) is 6.04 Å². The Bertz CT molecular complexity index is 487. The SMILES string of the molecule is CC(=O)NC(C)C(=O)Nc1cncc(C(=O)O)c1. The van der Waals surface area contributed by atoms with Crippen molar-refractivity contribution in [3.05, 3.63) is 24.0 Å². The first-order valence-electron chi connectivity index (χ1n) is 5.16. The number of nitrogens with zero attached hydrogens (tertiary/aromatic N) is 1. The molecule has 0 aliphatic rings. The van der Waals surface area contributed by atoms with E-state index < -0.39 is 17.9 Å². The van der Waals surface area contributed by atoms with Gasteiger partial charge >= 0.3 is 5.97 Å². The first-order valence-corrected chi connectivity index (χ1v) is 5.16. The Hall–Kier alpha value is -2.44. The number of amides is 2. The predicted octanol–water partition coefficient (Wildman–Crippen LogP) is 0.243. The van der Waals surface area contributed by atoms with Gasteiger partial charge in [0.2, 0.25) is 11.8 Å². The van der Waals surface area contributed by atoms with E-state index in [2.05, 4.69) is 15.6 Å². The van der Waals surface area contributed by atoms with E-state index in [0.717, 1.165) is 0 Å². The van der Waals surface area contributed by atoms with E-state index in [4.69, 9.17) is 5.11 Å². The molecule has 1 aromatic heterocycles.